The van der Waals surface area contributed by atoms with Gasteiger partial charge in [-0.1, -0.05) is 23.2 Å². The summed E-state index contributed by atoms with van der Waals surface area (Å²) in [7, 11) is 0. The van der Waals surface area contributed by atoms with Crippen LogP contribution < -0.4 is 16.4 Å². The number of amides is 2. The first-order valence-electron chi connectivity index (χ1n) is 19.9. The summed E-state index contributed by atoms with van der Waals surface area (Å²) in [5.41, 5.74) is 7.54. The molecule has 4 N–H and O–H groups in total. The highest BCUT2D eigenvalue weighted by Crippen LogP contribution is 2.36. The van der Waals surface area contributed by atoms with Crippen LogP contribution in [0.1, 0.15) is 87.5 Å². The van der Waals surface area contributed by atoms with Crippen molar-refractivity contribution in [1.82, 2.24) is 19.1 Å². The SMILES string of the molecule is CCOC(=O)c1c(N)c2cc(Cl)ccc2n1Cc1ccnc(NC(=O)OC(C)(C)C)c1.CCOC(=O)c1c([N+](=O)[O-])c2cc(Cl)ccc2n1Cc1ccnc(NC(=O)OC(C)(C)C)c1. The minimum absolute atomic E-state index is 0.0531. The van der Waals surface area contributed by atoms with E-state index >= 15 is 0 Å². The number of nitrogen functional groups attached to an aromatic ring is 1. The molecule has 2 amide bonds. The first-order valence-corrected chi connectivity index (χ1v) is 20.6. The molecule has 6 aromatic rings. The van der Waals surface area contributed by atoms with E-state index in [-0.39, 0.29) is 48.0 Å². The number of hydrogen-bond donors (Lipinski definition) is 3. The summed E-state index contributed by atoms with van der Waals surface area (Å²) in [4.78, 5) is 69.0. The largest absolute Gasteiger partial charge is 0.461 e. The van der Waals surface area contributed by atoms with E-state index in [1.54, 1.807) is 121 Å². The topological polar surface area (TPSA) is 234 Å². The summed E-state index contributed by atoms with van der Waals surface area (Å²) in [6.07, 6.45) is 1.77. The third kappa shape index (κ3) is 12.2. The molecule has 0 saturated carbocycles. The maximum atomic E-state index is 12.7. The van der Waals surface area contributed by atoms with Gasteiger partial charge in [0.2, 0.25) is 5.69 Å². The minimum Gasteiger partial charge on any atom is -0.461 e. The van der Waals surface area contributed by atoms with E-state index in [2.05, 4.69) is 20.6 Å². The van der Waals surface area contributed by atoms with Crippen molar-refractivity contribution in [2.45, 2.75) is 79.7 Å². The maximum Gasteiger partial charge on any atom is 0.413 e. The molecule has 4 heterocycles. The normalized spacial score (nSPS) is 11.3. The van der Waals surface area contributed by atoms with Crippen molar-refractivity contribution in [2.24, 2.45) is 0 Å². The van der Waals surface area contributed by atoms with Gasteiger partial charge in [0, 0.05) is 40.9 Å². The summed E-state index contributed by atoms with van der Waals surface area (Å²) in [6.45, 7) is 14.6. The molecule has 6 rings (SSSR count). The molecule has 338 valence electrons. The lowest BCUT2D eigenvalue weighted by molar-refractivity contribution is -0.383. The number of nitro groups is 1. The van der Waals surface area contributed by atoms with E-state index < -0.39 is 40.3 Å². The molecule has 0 atom stereocenters. The van der Waals surface area contributed by atoms with Crippen LogP contribution in [0, 0.1) is 10.1 Å². The van der Waals surface area contributed by atoms with Crippen LogP contribution in [0.4, 0.5) is 32.6 Å². The summed E-state index contributed by atoms with van der Waals surface area (Å²) in [5.74, 6) is -0.781. The summed E-state index contributed by atoms with van der Waals surface area (Å²) >= 11 is 12.2. The Kier molecular flexibility index (Phi) is 15.1. The molecule has 0 spiro atoms. The smallest absolute Gasteiger partial charge is 0.413 e. The number of pyridine rings is 2. The van der Waals surface area contributed by atoms with Gasteiger partial charge < -0.3 is 33.8 Å². The zero-order valence-electron chi connectivity index (χ0n) is 36.4. The third-order valence-corrected chi connectivity index (χ3v) is 9.24. The van der Waals surface area contributed by atoms with Crippen LogP contribution in [-0.4, -0.2) is 72.6 Å². The van der Waals surface area contributed by atoms with Crippen molar-refractivity contribution in [1.29, 1.82) is 0 Å². The number of fused-ring (bicyclic) bond motifs is 2. The number of carbonyl (C=O) groups excluding carboxylic acids is 4. The molecule has 0 aliphatic heterocycles. The van der Waals surface area contributed by atoms with Crippen LogP contribution in [0.2, 0.25) is 10.0 Å². The fraction of sp³-hybridized carbons (Fsp3) is 0.318. The van der Waals surface area contributed by atoms with Crippen LogP contribution in [0.15, 0.2) is 73.1 Å². The third-order valence-electron chi connectivity index (χ3n) is 8.77. The number of anilines is 3. The number of rotatable bonds is 11. The van der Waals surface area contributed by atoms with Gasteiger partial charge in [0.1, 0.15) is 22.8 Å². The fourth-order valence-electron chi connectivity index (χ4n) is 6.46. The van der Waals surface area contributed by atoms with Gasteiger partial charge in [0.15, 0.2) is 5.69 Å². The second-order valence-electron chi connectivity index (χ2n) is 16.0. The lowest BCUT2D eigenvalue weighted by atomic mass is 10.2. The predicted octanol–water partition coefficient (Wildman–Crippen LogP) is 10.0. The molecule has 0 saturated heterocycles. The molecule has 0 fully saturated rings. The number of nitrogens with two attached hydrogens (primary N) is 1. The van der Waals surface area contributed by atoms with Gasteiger partial charge in [-0.2, -0.15) is 0 Å². The Labute approximate surface area is 378 Å². The van der Waals surface area contributed by atoms with E-state index in [9.17, 15) is 29.3 Å². The first-order chi connectivity index (χ1) is 30.1. The highest BCUT2D eigenvalue weighted by Gasteiger charge is 2.32. The number of ether oxygens (including phenoxy) is 4. The van der Waals surface area contributed by atoms with E-state index in [0.29, 0.717) is 44.6 Å². The Morgan fingerprint density at radius 3 is 1.55 bits per heavy atom. The highest BCUT2D eigenvalue weighted by atomic mass is 35.5. The molecular formula is C44H48Cl2N8O10. The van der Waals surface area contributed by atoms with Gasteiger partial charge in [-0.3, -0.25) is 20.7 Å². The lowest BCUT2D eigenvalue weighted by Crippen LogP contribution is -2.27. The van der Waals surface area contributed by atoms with E-state index in [1.165, 1.54) is 16.8 Å². The van der Waals surface area contributed by atoms with Crippen molar-refractivity contribution < 1.29 is 43.0 Å². The summed E-state index contributed by atoms with van der Waals surface area (Å²) < 4.78 is 24.1. The molecule has 0 unspecified atom stereocenters. The van der Waals surface area contributed by atoms with Crippen molar-refractivity contribution in [3.63, 3.8) is 0 Å². The lowest BCUT2D eigenvalue weighted by Gasteiger charge is -2.19. The van der Waals surface area contributed by atoms with E-state index in [0.717, 1.165) is 11.1 Å². The molecular weight excluding hydrogens is 871 g/mol. The number of benzene rings is 2. The Bertz CT molecular complexity index is 2740. The molecule has 0 aliphatic rings. The van der Waals surface area contributed by atoms with Crippen LogP contribution >= 0.6 is 23.2 Å². The van der Waals surface area contributed by atoms with Crippen LogP contribution in [-0.2, 0) is 32.0 Å². The van der Waals surface area contributed by atoms with Gasteiger partial charge in [-0.15, -0.1) is 0 Å². The number of halogens is 2. The molecule has 0 bridgehead atoms. The van der Waals surface area contributed by atoms with E-state index in [4.69, 9.17) is 47.9 Å². The van der Waals surface area contributed by atoms with Gasteiger partial charge >= 0.3 is 29.8 Å². The van der Waals surface area contributed by atoms with Crippen molar-refractivity contribution in [3.8, 4) is 0 Å². The van der Waals surface area contributed by atoms with Crippen LogP contribution in [0.3, 0.4) is 0 Å². The second-order valence-corrected chi connectivity index (χ2v) is 16.9. The van der Waals surface area contributed by atoms with Gasteiger partial charge in [0.25, 0.3) is 0 Å². The van der Waals surface area contributed by atoms with Crippen LogP contribution in [0.25, 0.3) is 21.8 Å². The molecule has 0 radical (unpaired) electrons. The highest BCUT2D eigenvalue weighted by molar-refractivity contribution is 6.32. The number of hydrogen-bond acceptors (Lipinski definition) is 13. The second kappa shape index (κ2) is 20.1. The summed E-state index contributed by atoms with van der Waals surface area (Å²) in [6, 6.07) is 16.6. The zero-order chi connectivity index (χ0) is 47.1. The zero-order valence-corrected chi connectivity index (χ0v) is 37.9. The van der Waals surface area contributed by atoms with Gasteiger partial charge in [-0.25, -0.2) is 29.1 Å². The van der Waals surface area contributed by atoms with Crippen molar-refractivity contribution in [2.75, 3.05) is 29.6 Å². The molecule has 4 aromatic heterocycles. The number of aromatic nitrogens is 4. The average molecular weight is 920 g/mol. The van der Waals surface area contributed by atoms with E-state index in [1.807, 2.05) is 0 Å². The molecule has 64 heavy (non-hydrogen) atoms. The Hall–Kier alpha value is -6.92. The standard InChI is InChI=1S/C22H23ClN4O6.C22H25ClN4O4/c1-5-32-20(28)19-18(27(30)31)15-11-14(23)6-7-16(15)26(19)12-13-8-9-24-17(10-13)25-21(29)33-22(2,3)4;1-5-30-20(28)19-18(24)15-11-14(23)6-7-16(15)27(19)12-13-8-9-25-17(10-13)26-21(29)31-22(2,3)4/h6-11H,5,12H2,1-4H3,(H,24,25,29);6-11H,5,12,24H2,1-4H3,(H,25,26,29). The predicted molar refractivity (Wildman–Crippen MR) is 243 cm³/mol. The maximum absolute atomic E-state index is 12.7. The molecule has 0 aliphatic carbocycles. The monoisotopic (exact) mass is 918 g/mol. The van der Waals surface area contributed by atoms with Crippen molar-refractivity contribution in [3.05, 3.63) is 116 Å². The first kappa shape index (κ1) is 48.1. The number of nitrogens with zero attached hydrogens (tertiary/aromatic N) is 5. The fourth-order valence-corrected chi connectivity index (χ4v) is 6.81. The Balaban J connectivity index is 0.000000241. The molecule has 20 heteroatoms. The Morgan fingerprint density at radius 2 is 1.11 bits per heavy atom. The van der Waals surface area contributed by atoms with Gasteiger partial charge in [0.05, 0.1) is 40.2 Å². The number of nitrogens with one attached hydrogen (secondary N) is 2. The van der Waals surface area contributed by atoms with Gasteiger partial charge in [-0.05, 0) is 127 Å². The Morgan fingerprint density at radius 1 is 0.688 bits per heavy atom. The van der Waals surface area contributed by atoms with Crippen LogP contribution in [0.5, 0.6) is 0 Å². The summed E-state index contributed by atoms with van der Waals surface area (Å²) in [5, 5.41) is 18.7. The number of esters is 2. The molecule has 18 nitrogen and oxygen atoms in total. The quantitative estimate of drug-likeness (QED) is 0.0475. The van der Waals surface area contributed by atoms with Crippen molar-refractivity contribution >= 4 is 92.1 Å². The minimum atomic E-state index is -0.822. The number of carbonyl (C=O) groups is 4. The average Bonchev–Trinajstić information content (AvgIpc) is 3.64. The molecule has 2 aromatic carbocycles.